The molecule has 1 heterocycles. The quantitative estimate of drug-likeness (QED) is 0.856. The molecule has 0 aliphatic heterocycles. The van der Waals surface area contributed by atoms with Crippen molar-refractivity contribution in [1.82, 2.24) is 5.32 Å². The fourth-order valence-electron chi connectivity index (χ4n) is 1.94. The summed E-state index contributed by atoms with van der Waals surface area (Å²) in [5.41, 5.74) is 6.23. The lowest BCUT2D eigenvalue weighted by molar-refractivity contribution is 0.0286. The largest absolute Gasteiger partial charge is 0.397 e. The van der Waals surface area contributed by atoms with Crippen LogP contribution in [0.2, 0.25) is 0 Å². The smallest absolute Gasteiger partial charge is 0.263 e. The number of nitrogen functional groups attached to an aromatic ring is 1. The van der Waals surface area contributed by atoms with Crippen LogP contribution in [-0.2, 0) is 9.47 Å². The molecule has 7 heteroatoms. The summed E-state index contributed by atoms with van der Waals surface area (Å²) in [5, 5.41) is 3.30. The van der Waals surface area contributed by atoms with E-state index >= 15 is 0 Å². The number of benzene rings is 1. The molecule has 1 aromatic carbocycles. The number of amides is 1. The fourth-order valence-corrected chi connectivity index (χ4v) is 2.96. The van der Waals surface area contributed by atoms with Gasteiger partial charge in [0.05, 0.1) is 18.4 Å². The standard InChI is InChI=1S/C14H17FN2O3S/c1-19-7-9(20-2)6-17-14(18)13-12(16)10-5-8(15)3-4-11(10)21-13/h3-5,9H,6-7,16H2,1-2H3,(H,17,18). The molecule has 2 aromatic rings. The van der Waals surface area contributed by atoms with Crippen molar-refractivity contribution in [2.75, 3.05) is 33.1 Å². The minimum absolute atomic E-state index is 0.230. The summed E-state index contributed by atoms with van der Waals surface area (Å²) in [6, 6.07) is 4.30. The van der Waals surface area contributed by atoms with Crippen molar-refractivity contribution in [2.24, 2.45) is 0 Å². The predicted molar refractivity (Wildman–Crippen MR) is 81.2 cm³/mol. The van der Waals surface area contributed by atoms with E-state index in [2.05, 4.69) is 5.32 Å². The third-order valence-corrected chi connectivity index (χ3v) is 4.26. The Morgan fingerprint density at radius 1 is 1.48 bits per heavy atom. The van der Waals surface area contributed by atoms with Crippen molar-refractivity contribution in [3.63, 3.8) is 0 Å². The number of rotatable bonds is 6. The average Bonchev–Trinajstić information content (AvgIpc) is 2.80. The zero-order valence-electron chi connectivity index (χ0n) is 11.8. The molecule has 2 rings (SSSR count). The Labute approximate surface area is 125 Å². The van der Waals surface area contributed by atoms with E-state index in [1.807, 2.05) is 0 Å². The third-order valence-electron chi connectivity index (χ3n) is 3.07. The molecule has 0 bridgehead atoms. The summed E-state index contributed by atoms with van der Waals surface area (Å²) in [5.74, 6) is -0.675. The number of carbonyl (C=O) groups excluding carboxylic acids is 1. The Morgan fingerprint density at radius 3 is 2.90 bits per heavy atom. The highest BCUT2D eigenvalue weighted by molar-refractivity contribution is 7.21. The van der Waals surface area contributed by atoms with Gasteiger partial charge < -0.3 is 20.5 Å². The van der Waals surface area contributed by atoms with Crippen LogP contribution in [0, 0.1) is 5.82 Å². The second-order valence-electron chi connectivity index (χ2n) is 4.51. The Balaban J connectivity index is 2.14. The van der Waals surface area contributed by atoms with Gasteiger partial charge in [0.2, 0.25) is 0 Å². The zero-order chi connectivity index (χ0) is 15.4. The molecule has 0 radical (unpaired) electrons. The number of thiophene rings is 1. The average molecular weight is 312 g/mol. The maximum Gasteiger partial charge on any atom is 0.263 e. The van der Waals surface area contributed by atoms with E-state index in [1.54, 1.807) is 20.3 Å². The lowest BCUT2D eigenvalue weighted by Crippen LogP contribution is -2.35. The topological polar surface area (TPSA) is 73.6 Å². The Hall–Kier alpha value is -1.70. The van der Waals surface area contributed by atoms with Gasteiger partial charge in [-0.2, -0.15) is 0 Å². The van der Waals surface area contributed by atoms with E-state index in [-0.39, 0.29) is 17.8 Å². The molecule has 5 nitrogen and oxygen atoms in total. The first-order chi connectivity index (χ1) is 10.1. The molecule has 1 atom stereocenters. The number of halogens is 1. The van der Waals surface area contributed by atoms with Crippen LogP contribution >= 0.6 is 11.3 Å². The van der Waals surface area contributed by atoms with Crippen molar-refractivity contribution >= 4 is 33.0 Å². The number of fused-ring (bicyclic) bond motifs is 1. The second-order valence-corrected chi connectivity index (χ2v) is 5.56. The molecule has 114 valence electrons. The van der Waals surface area contributed by atoms with E-state index in [4.69, 9.17) is 15.2 Å². The molecule has 1 amide bonds. The van der Waals surface area contributed by atoms with E-state index in [9.17, 15) is 9.18 Å². The van der Waals surface area contributed by atoms with Crippen LogP contribution < -0.4 is 11.1 Å². The molecule has 1 aromatic heterocycles. The maximum atomic E-state index is 13.2. The lowest BCUT2D eigenvalue weighted by Gasteiger charge is -2.14. The van der Waals surface area contributed by atoms with Gasteiger partial charge in [-0.05, 0) is 18.2 Å². The fraction of sp³-hybridized carbons (Fsp3) is 0.357. The zero-order valence-corrected chi connectivity index (χ0v) is 12.6. The van der Waals surface area contributed by atoms with Crippen molar-refractivity contribution < 1.29 is 18.7 Å². The summed E-state index contributed by atoms with van der Waals surface area (Å²) < 4.78 is 24.1. The molecule has 1 unspecified atom stereocenters. The molecule has 0 aliphatic carbocycles. The van der Waals surface area contributed by atoms with Crippen LogP contribution in [0.1, 0.15) is 9.67 Å². The van der Waals surface area contributed by atoms with Gasteiger partial charge in [-0.15, -0.1) is 11.3 Å². The SMILES string of the molecule is COCC(CNC(=O)c1sc2ccc(F)cc2c1N)OC. The Morgan fingerprint density at radius 2 is 2.24 bits per heavy atom. The summed E-state index contributed by atoms with van der Waals surface area (Å²) in [6.07, 6.45) is -0.230. The molecular weight excluding hydrogens is 295 g/mol. The monoisotopic (exact) mass is 312 g/mol. The van der Waals surface area contributed by atoms with Gasteiger partial charge in [-0.3, -0.25) is 4.79 Å². The van der Waals surface area contributed by atoms with E-state index in [0.29, 0.717) is 29.1 Å². The predicted octanol–water partition coefficient (Wildman–Crippen LogP) is 2.01. The summed E-state index contributed by atoms with van der Waals surface area (Å²) in [7, 11) is 3.11. The van der Waals surface area contributed by atoms with Crippen LogP contribution in [0.15, 0.2) is 18.2 Å². The van der Waals surface area contributed by atoms with Crippen LogP contribution in [0.5, 0.6) is 0 Å². The molecule has 0 saturated carbocycles. The number of carbonyl (C=O) groups is 1. The molecule has 3 N–H and O–H groups in total. The minimum atomic E-state index is -0.376. The lowest BCUT2D eigenvalue weighted by atomic mass is 10.2. The number of hydrogen-bond donors (Lipinski definition) is 2. The van der Waals surface area contributed by atoms with E-state index < -0.39 is 0 Å². The minimum Gasteiger partial charge on any atom is -0.397 e. The number of methoxy groups -OCH3 is 2. The number of nitrogens with one attached hydrogen (secondary N) is 1. The first-order valence-corrected chi connectivity index (χ1v) is 7.16. The number of anilines is 1. The van der Waals surface area contributed by atoms with E-state index in [0.717, 1.165) is 4.70 Å². The summed E-state index contributed by atoms with van der Waals surface area (Å²) in [4.78, 5) is 12.6. The highest BCUT2D eigenvalue weighted by Crippen LogP contribution is 2.33. The number of ether oxygens (including phenoxy) is 2. The maximum absolute atomic E-state index is 13.2. The third kappa shape index (κ3) is 3.49. The molecule has 21 heavy (non-hydrogen) atoms. The van der Waals surface area contributed by atoms with Gasteiger partial charge in [-0.25, -0.2) is 4.39 Å². The van der Waals surface area contributed by atoms with Crippen molar-refractivity contribution in [3.8, 4) is 0 Å². The van der Waals surface area contributed by atoms with Crippen LogP contribution in [0.3, 0.4) is 0 Å². The van der Waals surface area contributed by atoms with Crippen molar-refractivity contribution in [1.29, 1.82) is 0 Å². The Kier molecular flexibility index (Phi) is 5.11. The Bertz CT molecular complexity index is 644. The van der Waals surface area contributed by atoms with Crippen molar-refractivity contribution in [3.05, 3.63) is 28.9 Å². The van der Waals surface area contributed by atoms with Gasteiger partial charge in [0.1, 0.15) is 10.7 Å². The summed E-state index contributed by atoms with van der Waals surface area (Å²) in [6.45, 7) is 0.690. The number of nitrogens with two attached hydrogens (primary N) is 1. The first-order valence-electron chi connectivity index (χ1n) is 6.34. The first kappa shape index (κ1) is 15.7. The molecule has 0 saturated heterocycles. The second kappa shape index (κ2) is 6.84. The van der Waals surface area contributed by atoms with Gasteiger partial charge in [-0.1, -0.05) is 0 Å². The highest BCUT2D eigenvalue weighted by Gasteiger charge is 2.18. The molecular formula is C14H17FN2O3S. The van der Waals surface area contributed by atoms with Gasteiger partial charge in [0, 0.05) is 30.9 Å². The van der Waals surface area contributed by atoms with Crippen LogP contribution in [0.4, 0.5) is 10.1 Å². The van der Waals surface area contributed by atoms with Crippen molar-refractivity contribution in [2.45, 2.75) is 6.10 Å². The highest BCUT2D eigenvalue weighted by atomic mass is 32.1. The molecule has 0 fully saturated rings. The van der Waals surface area contributed by atoms with Crippen LogP contribution in [0.25, 0.3) is 10.1 Å². The normalized spacial score (nSPS) is 12.5. The van der Waals surface area contributed by atoms with Gasteiger partial charge in [0.15, 0.2) is 0 Å². The summed E-state index contributed by atoms with van der Waals surface area (Å²) >= 11 is 1.24. The molecule has 0 aliphatic rings. The number of hydrogen-bond acceptors (Lipinski definition) is 5. The van der Waals surface area contributed by atoms with Gasteiger partial charge >= 0.3 is 0 Å². The molecule has 0 spiro atoms. The van der Waals surface area contributed by atoms with Crippen LogP contribution in [-0.4, -0.2) is 39.4 Å². The van der Waals surface area contributed by atoms with Gasteiger partial charge in [0.25, 0.3) is 5.91 Å². The van der Waals surface area contributed by atoms with E-state index in [1.165, 1.54) is 23.5 Å².